The number of benzene rings is 3. The average molecular weight is 483 g/mol. The van der Waals surface area contributed by atoms with E-state index in [-0.39, 0.29) is 11.9 Å². The molecule has 3 atom stereocenters. The fraction of sp³-hybridized carbons (Fsp3) is 0.355. The van der Waals surface area contributed by atoms with E-state index < -0.39 is 17.9 Å². The lowest BCUT2D eigenvalue weighted by molar-refractivity contribution is -0.154. The van der Waals surface area contributed by atoms with Crippen LogP contribution in [0.2, 0.25) is 0 Å². The highest BCUT2D eigenvalue weighted by Crippen LogP contribution is 2.34. The van der Waals surface area contributed by atoms with E-state index in [0.717, 1.165) is 43.5 Å². The van der Waals surface area contributed by atoms with Crippen molar-refractivity contribution < 1.29 is 14.7 Å². The number of carbonyl (C=O) groups excluding carboxylic acids is 1. The molecule has 3 aromatic carbocycles. The molecule has 36 heavy (non-hydrogen) atoms. The zero-order valence-corrected chi connectivity index (χ0v) is 20.6. The van der Waals surface area contributed by atoms with Crippen molar-refractivity contribution in [3.05, 3.63) is 108 Å². The van der Waals surface area contributed by atoms with Gasteiger partial charge in [-0.25, -0.2) is 4.79 Å². The highest BCUT2D eigenvalue weighted by Gasteiger charge is 2.41. The minimum absolute atomic E-state index is 0.126. The van der Waals surface area contributed by atoms with Gasteiger partial charge in [0.2, 0.25) is 5.91 Å². The molecule has 5 heteroatoms. The van der Waals surface area contributed by atoms with Crippen LogP contribution < -0.4 is 0 Å². The highest BCUT2D eigenvalue weighted by molar-refractivity contribution is 5.91. The molecule has 0 aliphatic carbocycles. The number of piperidine rings is 2. The molecule has 1 amide bonds. The molecular weight excluding hydrogens is 448 g/mol. The molecule has 2 fully saturated rings. The van der Waals surface area contributed by atoms with Gasteiger partial charge in [0.25, 0.3) is 0 Å². The van der Waals surface area contributed by atoms with Crippen LogP contribution in [0.15, 0.2) is 91.0 Å². The zero-order valence-electron chi connectivity index (χ0n) is 20.6. The highest BCUT2D eigenvalue weighted by atomic mass is 16.4. The van der Waals surface area contributed by atoms with Gasteiger partial charge in [0, 0.05) is 19.1 Å². The summed E-state index contributed by atoms with van der Waals surface area (Å²) < 4.78 is 0. The molecule has 2 aliphatic heterocycles. The zero-order chi connectivity index (χ0) is 24.9. The van der Waals surface area contributed by atoms with Crippen molar-refractivity contribution in [1.29, 1.82) is 0 Å². The van der Waals surface area contributed by atoms with E-state index in [1.807, 2.05) is 66.7 Å². The van der Waals surface area contributed by atoms with Crippen LogP contribution in [-0.4, -0.2) is 58.5 Å². The van der Waals surface area contributed by atoms with E-state index >= 15 is 0 Å². The molecule has 186 valence electrons. The van der Waals surface area contributed by atoms with Crippen molar-refractivity contribution in [1.82, 2.24) is 9.80 Å². The number of carbonyl (C=O) groups is 2. The number of rotatable bonds is 6. The minimum atomic E-state index is -0.912. The molecule has 0 unspecified atom stereocenters. The summed E-state index contributed by atoms with van der Waals surface area (Å²) in [6.45, 7) is 2.40. The molecule has 0 radical (unpaired) electrons. The quantitative estimate of drug-likeness (QED) is 0.528. The van der Waals surface area contributed by atoms with Gasteiger partial charge in [0.05, 0.1) is 5.92 Å². The van der Waals surface area contributed by atoms with Gasteiger partial charge in [-0.1, -0.05) is 91.0 Å². The van der Waals surface area contributed by atoms with E-state index in [1.54, 1.807) is 4.90 Å². The SMILES string of the molecule is O=C(O)[C@@H]1C[C@H](N2CCC[C@H](c3ccccc3)C2)CCN1C(=O)C(c1ccccc1)c1ccccc1. The van der Waals surface area contributed by atoms with Gasteiger partial charge in [-0.2, -0.15) is 0 Å². The Morgan fingerprint density at radius 3 is 1.94 bits per heavy atom. The Balaban J connectivity index is 1.35. The van der Waals surface area contributed by atoms with Gasteiger partial charge in [-0.15, -0.1) is 0 Å². The molecule has 1 N–H and O–H groups in total. The second-order valence-electron chi connectivity index (χ2n) is 10.1. The third-order valence-corrected chi connectivity index (χ3v) is 7.90. The topological polar surface area (TPSA) is 60.9 Å². The summed E-state index contributed by atoms with van der Waals surface area (Å²) >= 11 is 0. The van der Waals surface area contributed by atoms with Gasteiger partial charge in [-0.05, 0) is 54.8 Å². The molecule has 2 saturated heterocycles. The smallest absolute Gasteiger partial charge is 0.326 e. The van der Waals surface area contributed by atoms with Gasteiger partial charge in [0.1, 0.15) is 6.04 Å². The van der Waals surface area contributed by atoms with E-state index in [1.165, 1.54) is 5.56 Å². The summed E-state index contributed by atoms with van der Waals surface area (Å²) in [5.41, 5.74) is 3.14. The Hall–Kier alpha value is -3.44. The number of amides is 1. The Bertz CT molecular complexity index is 1110. The predicted octanol–water partition coefficient (Wildman–Crippen LogP) is 5.14. The lowest BCUT2D eigenvalue weighted by atomic mass is 9.86. The summed E-state index contributed by atoms with van der Waals surface area (Å²) in [6, 6.07) is 29.4. The third kappa shape index (κ3) is 5.21. The number of hydrogen-bond donors (Lipinski definition) is 1. The molecule has 0 aromatic heterocycles. The molecular formula is C31H34N2O3. The normalized spacial score (nSPS) is 22.9. The monoisotopic (exact) mass is 482 g/mol. The van der Waals surface area contributed by atoms with Crippen LogP contribution >= 0.6 is 0 Å². The lowest BCUT2D eigenvalue weighted by Gasteiger charge is -2.45. The lowest BCUT2D eigenvalue weighted by Crippen LogP contribution is -2.56. The number of carboxylic acid groups (broad SMARTS) is 1. The first kappa shape index (κ1) is 24.3. The van der Waals surface area contributed by atoms with Crippen molar-refractivity contribution in [3.8, 4) is 0 Å². The van der Waals surface area contributed by atoms with Crippen LogP contribution in [0.25, 0.3) is 0 Å². The van der Waals surface area contributed by atoms with Crippen LogP contribution in [-0.2, 0) is 9.59 Å². The van der Waals surface area contributed by atoms with Crippen molar-refractivity contribution in [2.24, 2.45) is 0 Å². The standard InChI is InChI=1S/C31H34N2O3/c34-30(29(24-13-6-2-7-14-24)25-15-8-3-9-16-25)33-20-18-27(21-28(33)31(35)36)32-19-10-17-26(22-32)23-11-4-1-5-12-23/h1-9,11-16,26-29H,10,17-22H2,(H,35,36)/t26-,27+,28-/m0/s1. The van der Waals surface area contributed by atoms with Gasteiger partial charge in [0.15, 0.2) is 0 Å². The van der Waals surface area contributed by atoms with Gasteiger partial charge >= 0.3 is 5.97 Å². The molecule has 0 bridgehead atoms. The van der Waals surface area contributed by atoms with Crippen LogP contribution in [0.3, 0.4) is 0 Å². The average Bonchev–Trinajstić information content (AvgIpc) is 2.94. The first-order valence-corrected chi connectivity index (χ1v) is 13.0. The van der Waals surface area contributed by atoms with E-state index in [9.17, 15) is 14.7 Å². The van der Waals surface area contributed by atoms with Crippen molar-refractivity contribution in [2.45, 2.75) is 49.6 Å². The first-order valence-electron chi connectivity index (χ1n) is 13.0. The maximum atomic E-state index is 14.0. The van der Waals surface area contributed by atoms with Crippen molar-refractivity contribution in [3.63, 3.8) is 0 Å². The van der Waals surface area contributed by atoms with E-state index in [2.05, 4.69) is 29.2 Å². The molecule has 3 aromatic rings. The number of hydrogen-bond acceptors (Lipinski definition) is 3. The summed E-state index contributed by atoms with van der Waals surface area (Å²) in [4.78, 5) is 30.6. The van der Waals surface area contributed by atoms with Crippen LogP contribution in [0.4, 0.5) is 0 Å². The Morgan fingerprint density at radius 1 is 0.778 bits per heavy atom. The number of nitrogens with zero attached hydrogens (tertiary/aromatic N) is 2. The van der Waals surface area contributed by atoms with Crippen LogP contribution in [0, 0.1) is 0 Å². The fourth-order valence-electron chi connectivity index (χ4n) is 6.05. The molecule has 0 spiro atoms. The molecule has 0 saturated carbocycles. The van der Waals surface area contributed by atoms with E-state index in [0.29, 0.717) is 18.9 Å². The minimum Gasteiger partial charge on any atom is -0.480 e. The Labute approximate surface area is 213 Å². The first-order chi connectivity index (χ1) is 17.6. The largest absolute Gasteiger partial charge is 0.480 e. The Kier molecular flexibility index (Phi) is 7.47. The second kappa shape index (κ2) is 11.1. The summed E-state index contributed by atoms with van der Waals surface area (Å²) in [5, 5.41) is 10.2. The Morgan fingerprint density at radius 2 is 1.36 bits per heavy atom. The second-order valence-corrected chi connectivity index (χ2v) is 10.1. The molecule has 5 nitrogen and oxygen atoms in total. The van der Waals surface area contributed by atoms with Crippen molar-refractivity contribution >= 4 is 11.9 Å². The number of aliphatic carboxylic acids is 1. The molecule has 5 rings (SSSR count). The fourth-order valence-corrected chi connectivity index (χ4v) is 6.05. The van der Waals surface area contributed by atoms with E-state index in [4.69, 9.17) is 0 Å². The van der Waals surface area contributed by atoms with Crippen LogP contribution in [0.1, 0.15) is 54.2 Å². The van der Waals surface area contributed by atoms with Crippen molar-refractivity contribution in [2.75, 3.05) is 19.6 Å². The molecule has 2 aliphatic rings. The maximum absolute atomic E-state index is 14.0. The summed E-state index contributed by atoms with van der Waals surface area (Å²) in [6.07, 6.45) is 3.54. The number of likely N-dealkylation sites (tertiary alicyclic amines) is 2. The predicted molar refractivity (Wildman–Crippen MR) is 141 cm³/mol. The summed E-state index contributed by atoms with van der Waals surface area (Å²) in [7, 11) is 0. The van der Waals surface area contributed by atoms with Crippen LogP contribution in [0.5, 0.6) is 0 Å². The summed E-state index contributed by atoms with van der Waals surface area (Å²) in [5.74, 6) is -1.07. The maximum Gasteiger partial charge on any atom is 0.326 e. The third-order valence-electron chi connectivity index (χ3n) is 7.90. The molecule has 2 heterocycles. The van der Waals surface area contributed by atoms with Gasteiger partial charge in [-0.3, -0.25) is 9.69 Å². The van der Waals surface area contributed by atoms with Gasteiger partial charge < -0.3 is 10.0 Å². The number of carboxylic acids is 1.